The molecule has 7 aliphatic rings. The van der Waals surface area contributed by atoms with Crippen LogP contribution in [0.3, 0.4) is 0 Å². The van der Waals surface area contributed by atoms with Gasteiger partial charge in [-0.05, 0) is 86.4 Å². The predicted molar refractivity (Wildman–Crippen MR) is 128 cm³/mol. The lowest BCUT2D eigenvalue weighted by Gasteiger charge is -2.60. The monoisotopic (exact) mass is 469 g/mol. The summed E-state index contributed by atoms with van der Waals surface area (Å²) in [5.74, 6) is 4.10. The smallest absolute Gasteiger partial charge is 0.221 e. The summed E-state index contributed by atoms with van der Waals surface area (Å²) >= 11 is 0. The quantitative estimate of drug-likeness (QED) is 0.470. The normalized spacial score (nSPS) is 59.7. The van der Waals surface area contributed by atoms with Gasteiger partial charge in [-0.2, -0.15) is 0 Å². The zero-order chi connectivity index (χ0) is 23.8. The fourth-order valence-electron chi connectivity index (χ4n) is 11.3. The van der Waals surface area contributed by atoms with Gasteiger partial charge >= 0.3 is 0 Å². The van der Waals surface area contributed by atoms with E-state index in [-0.39, 0.29) is 40.3 Å². The third kappa shape index (κ3) is 2.40. The van der Waals surface area contributed by atoms with Crippen LogP contribution in [0.25, 0.3) is 0 Å². The maximum Gasteiger partial charge on any atom is 0.221 e. The summed E-state index contributed by atoms with van der Waals surface area (Å²) in [4.78, 5) is 27.3. The van der Waals surface area contributed by atoms with Gasteiger partial charge in [0.15, 0.2) is 5.78 Å². The second-order valence-electron chi connectivity index (χ2n) is 14.1. The SMILES string of the molecule is CC(=O)N1C[C@H](C)CCC12O[C@H]1C[C@H]3[C@@H]4CCC56OC5C(=O)CC[C@]6(C)[C@H]4CC[C@]3(C)[C@H]1[C@@H]2C. The van der Waals surface area contributed by atoms with E-state index in [1.54, 1.807) is 6.92 Å². The Morgan fingerprint density at radius 1 is 1.00 bits per heavy atom. The average molecular weight is 470 g/mol. The predicted octanol–water partition coefficient (Wildman–Crippen LogP) is 4.97. The van der Waals surface area contributed by atoms with Gasteiger partial charge in [0.2, 0.25) is 5.91 Å². The lowest BCUT2D eigenvalue weighted by Crippen LogP contribution is -2.61. The van der Waals surface area contributed by atoms with Gasteiger partial charge in [0, 0.05) is 31.2 Å². The highest BCUT2D eigenvalue weighted by atomic mass is 16.6. The standard InChI is InChI=1S/C29H43NO4/c1-16-6-13-29(30(15-16)18(3)31)17(2)24-23(33-29)14-21-19-7-12-28-25(34-28)22(32)9-11-27(28,5)20(19)8-10-26(21,24)4/h16-17,19-21,23-25H,6-15H2,1-5H3/t16-,17+,19-,20+,21+,23+,24+,25?,26+,27-,28?,29?/m1/s1. The van der Waals surface area contributed by atoms with Gasteiger partial charge in [-0.1, -0.05) is 27.7 Å². The highest BCUT2D eigenvalue weighted by Gasteiger charge is 2.77. The van der Waals surface area contributed by atoms with Crippen LogP contribution >= 0.6 is 0 Å². The van der Waals surface area contributed by atoms with E-state index >= 15 is 0 Å². The fraction of sp³-hybridized carbons (Fsp3) is 0.931. The minimum Gasteiger partial charge on any atom is -0.357 e. The Balaban J connectivity index is 1.19. The fourth-order valence-corrected chi connectivity index (χ4v) is 11.3. The molecule has 4 saturated carbocycles. The molecule has 0 N–H and O–H groups in total. The van der Waals surface area contributed by atoms with Gasteiger partial charge in [0.25, 0.3) is 0 Å². The van der Waals surface area contributed by atoms with Crippen LogP contribution in [0.5, 0.6) is 0 Å². The van der Waals surface area contributed by atoms with Crippen molar-refractivity contribution in [3.8, 4) is 0 Å². The van der Waals surface area contributed by atoms with Gasteiger partial charge in [-0.15, -0.1) is 0 Å². The van der Waals surface area contributed by atoms with Crippen LogP contribution in [0.15, 0.2) is 0 Å². The maximum atomic E-state index is 12.8. The number of amides is 1. The zero-order valence-corrected chi connectivity index (χ0v) is 21.8. The average Bonchev–Trinajstić information content (AvgIpc) is 3.39. The highest BCUT2D eigenvalue weighted by Crippen LogP contribution is 2.74. The minimum atomic E-state index is -0.389. The molecule has 34 heavy (non-hydrogen) atoms. The molecule has 0 aromatic carbocycles. The number of ether oxygens (including phenoxy) is 2. The van der Waals surface area contributed by atoms with E-state index in [0.717, 1.165) is 44.6 Å². The molecule has 3 saturated heterocycles. The summed E-state index contributed by atoms with van der Waals surface area (Å²) in [6.45, 7) is 12.3. The molecule has 3 heterocycles. The third-order valence-corrected chi connectivity index (χ3v) is 13.0. The molecule has 5 nitrogen and oxygen atoms in total. The molecule has 7 rings (SSSR count). The summed E-state index contributed by atoms with van der Waals surface area (Å²) in [6, 6.07) is 0. The van der Waals surface area contributed by atoms with Crippen molar-refractivity contribution in [3.05, 3.63) is 0 Å². The van der Waals surface area contributed by atoms with Gasteiger partial charge in [-0.25, -0.2) is 0 Å². The van der Waals surface area contributed by atoms with Crippen molar-refractivity contribution in [1.82, 2.24) is 4.90 Å². The molecule has 3 unspecified atom stereocenters. The second kappa shape index (κ2) is 6.68. The molecule has 4 aliphatic carbocycles. The Morgan fingerprint density at radius 2 is 1.79 bits per heavy atom. The highest BCUT2D eigenvalue weighted by molar-refractivity contribution is 5.88. The Morgan fingerprint density at radius 3 is 2.56 bits per heavy atom. The number of carbonyl (C=O) groups is 2. The van der Waals surface area contributed by atoms with Gasteiger partial charge in [0.1, 0.15) is 17.4 Å². The molecular weight excluding hydrogens is 426 g/mol. The van der Waals surface area contributed by atoms with Crippen molar-refractivity contribution < 1.29 is 19.1 Å². The number of epoxide rings is 1. The van der Waals surface area contributed by atoms with Crippen molar-refractivity contribution >= 4 is 11.7 Å². The third-order valence-electron chi connectivity index (χ3n) is 13.0. The van der Waals surface area contributed by atoms with E-state index in [2.05, 4.69) is 32.6 Å². The van der Waals surface area contributed by atoms with Crippen LogP contribution in [-0.2, 0) is 19.1 Å². The van der Waals surface area contributed by atoms with Gasteiger partial charge in [0.05, 0.1) is 6.10 Å². The van der Waals surface area contributed by atoms with Crippen molar-refractivity contribution in [1.29, 1.82) is 0 Å². The molecule has 2 spiro atoms. The van der Waals surface area contributed by atoms with Crippen LogP contribution in [0, 0.1) is 46.3 Å². The molecule has 12 atom stereocenters. The van der Waals surface area contributed by atoms with Gasteiger partial charge in [-0.3, -0.25) is 9.59 Å². The number of ketones is 1. The largest absolute Gasteiger partial charge is 0.357 e. The lowest BCUT2D eigenvalue weighted by molar-refractivity contribution is -0.201. The summed E-state index contributed by atoms with van der Waals surface area (Å²) in [5, 5.41) is 0. The number of likely N-dealkylation sites (tertiary alicyclic amines) is 1. The van der Waals surface area contributed by atoms with Crippen molar-refractivity contribution in [3.63, 3.8) is 0 Å². The Kier molecular flexibility index (Phi) is 4.37. The molecule has 1 amide bonds. The van der Waals surface area contributed by atoms with Gasteiger partial charge < -0.3 is 14.4 Å². The Labute approximate surface area is 204 Å². The molecule has 0 aromatic heterocycles. The van der Waals surface area contributed by atoms with E-state index in [4.69, 9.17) is 9.47 Å². The first-order valence-corrected chi connectivity index (χ1v) is 14.2. The van der Waals surface area contributed by atoms with E-state index in [1.807, 2.05) is 0 Å². The number of hydrogen-bond acceptors (Lipinski definition) is 4. The molecule has 5 heteroatoms. The number of rotatable bonds is 0. The maximum absolute atomic E-state index is 12.8. The van der Waals surface area contributed by atoms with Crippen molar-refractivity contribution in [2.75, 3.05) is 6.54 Å². The van der Waals surface area contributed by atoms with E-state index in [1.165, 1.54) is 19.3 Å². The molecule has 7 fully saturated rings. The number of nitrogens with zero attached hydrogens (tertiary/aromatic N) is 1. The van der Waals surface area contributed by atoms with E-state index in [0.29, 0.717) is 41.8 Å². The first-order valence-electron chi connectivity index (χ1n) is 14.2. The van der Waals surface area contributed by atoms with Crippen LogP contribution in [0.4, 0.5) is 0 Å². The van der Waals surface area contributed by atoms with Crippen molar-refractivity contribution in [2.24, 2.45) is 46.3 Å². The second-order valence-corrected chi connectivity index (χ2v) is 14.1. The van der Waals surface area contributed by atoms with Crippen LogP contribution in [0.2, 0.25) is 0 Å². The summed E-state index contributed by atoms with van der Waals surface area (Å²) < 4.78 is 13.4. The number of carbonyl (C=O) groups excluding carboxylic acids is 2. The number of Topliss-reactive ketones (excluding diaryl/α,β-unsaturated/α-hetero) is 1. The lowest BCUT2D eigenvalue weighted by atomic mass is 9.44. The van der Waals surface area contributed by atoms with E-state index < -0.39 is 0 Å². The van der Waals surface area contributed by atoms with Crippen LogP contribution < -0.4 is 0 Å². The minimum absolute atomic E-state index is 0.0991. The molecular formula is C29H43NO4. The number of piperidine rings is 1. The molecule has 188 valence electrons. The Bertz CT molecular complexity index is 950. The van der Waals surface area contributed by atoms with Crippen LogP contribution in [0.1, 0.15) is 92.4 Å². The number of hydrogen-bond donors (Lipinski definition) is 0. The summed E-state index contributed by atoms with van der Waals surface area (Å²) in [7, 11) is 0. The van der Waals surface area contributed by atoms with Crippen LogP contribution in [-0.4, -0.2) is 46.7 Å². The molecule has 3 aliphatic heterocycles. The van der Waals surface area contributed by atoms with Crippen molar-refractivity contribution in [2.45, 2.75) is 116 Å². The number of fused-ring (bicyclic) bond motifs is 6. The summed E-state index contributed by atoms with van der Waals surface area (Å²) in [5.41, 5.74) is -0.0815. The molecule has 0 radical (unpaired) electrons. The Hall–Kier alpha value is -0.940. The first kappa shape index (κ1) is 22.3. The van der Waals surface area contributed by atoms with E-state index in [9.17, 15) is 9.59 Å². The summed E-state index contributed by atoms with van der Waals surface area (Å²) in [6.07, 6.45) is 9.99. The molecule has 0 aromatic rings. The first-order chi connectivity index (χ1) is 16.1. The zero-order valence-electron chi connectivity index (χ0n) is 21.8. The molecule has 0 bridgehead atoms. The topological polar surface area (TPSA) is 59.1 Å².